The van der Waals surface area contributed by atoms with Gasteiger partial charge in [-0.05, 0) is 103 Å². The molecule has 56 heavy (non-hydrogen) atoms. The van der Waals surface area contributed by atoms with Gasteiger partial charge in [0.1, 0.15) is 0 Å². The van der Waals surface area contributed by atoms with Gasteiger partial charge in [-0.2, -0.15) is 12.0 Å². The lowest BCUT2D eigenvalue weighted by atomic mass is 10.1. The first-order chi connectivity index (χ1) is 27.3. The van der Waals surface area contributed by atoms with E-state index >= 15 is 0 Å². The highest BCUT2D eigenvalue weighted by atomic mass is 15.4. The summed E-state index contributed by atoms with van der Waals surface area (Å²) in [6, 6.07) is 2.00. The van der Waals surface area contributed by atoms with Crippen LogP contribution < -0.4 is 0 Å². The zero-order valence-electron chi connectivity index (χ0n) is 40.1. The fourth-order valence-corrected chi connectivity index (χ4v) is 8.33. The van der Waals surface area contributed by atoms with E-state index in [0.29, 0.717) is 0 Å². The lowest BCUT2D eigenvalue weighted by Gasteiger charge is -2.39. The minimum absolute atomic E-state index is 1.00. The fraction of sp³-hybridized carbons (Fsp3) is 0.960. The summed E-state index contributed by atoms with van der Waals surface area (Å²) in [5.41, 5.74) is 0. The molecule has 0 amide bonds. The van der Waals surface area contributed by atoms with Gasteiger partial charge in [0.2, 0.25) is 0 Å². The first kappa shape index (κ1) is 61.3. The van der Waals surface area contributed by atoms with E-state index in [1.54, 1.807) is 0 Å². The van der Waals surface area contributed by atoms with Crippen LogP contribution in [-0.4, -0.2) is 73.3 Å². The molecule has 0 aromatic carbocycles. The van der Waals surface area contributed by atoms with Gasteiger partial charge in [-0.1, -0.05) is 158 Å². The maximum atomic E-state index is 6.99. The summed E-state index contributed by atoms with van der Waals surface area (Å²) in [7, 11) is 0. The normalized spacial score (nSPS) is 11.0. The van der Waals surface area contributed by atoms with Crippen molar-refractivity contribution in [1.82, 2.24) is 0 Å². The zero-order chi connectivity index (χ0) is 42.7. The van der Waals surface area contributed by atoms with Crippen molar-refractivity contribution < 1.29 is 8.97 Å². The van der Waals surface area contributed by atoms with Crippen molar-refractivity contribution in [3.05, 3.63) is 10.8 Å². The summed E-state index contributed by atoms with van der Waals surface area (Å²) >= 11 is 0. The smallest absolute Gasteiger partial charge is 0.0786 e. The van der Waals surface area contributed by atoms with Crippen molar-refractivity contribution in [2.24, 2.45) is 0 Å². The monoisotopic (exact) mass is 791 g/mol. The molecule has 0 radical (unpaired) electrons. The van der Waals surface area contributed by atoms with Gasteiger partial charge in [-0.25, -0.2) is 0 Å². The number of quaternary nitrogens is 2. The van der Waals surface area contributed by atoms with Crippen LogP contribution in [0.5, 0.6) is 0 Å². The van der Waals surface area contributed by atoms with Gasteiger partial charge in [0.15, 0.2) is 0 Å². The Kier molecular flexibility index (Phi) is 58.8. The van der Waals surface area contributed by atoms with Gasteiger partial charge >= 0.3 is 0 Å². The van der Waals surface area contributed by atoms with E-state index in [2.05, 4.69) is 55.4 Å². The second-order valence-corrected chi connectivity index (χ2v) is 17.2. The van der Waals surface area contributed by atoms with Crippen molar-refractivity contribution in [3.63, 3.8) is 0 Å². The molecule has 0 atom stereocenters. The highest BCUT2D eigenvalue weighted by Gasteiger charge is 2.27. The zero-order valence-corrected chi connectivity index (χ0v) is 40.1. The molecule has 0 heterocycles. The van der Waals surface area contributed by atoms with Crippen LogP contribution in [0.1, 0.15) is 261 Å². The van der Waals surface area contributed by atoms with E-state index in [1.165, 1.54) is 267 Å². The lowest BCUT2D eigenvalue weighted by molar-refractivity contribution is -0.929. The summed E-state index contributed by atoms with van der Waals surface area (Å²) in [5.74, 6) is 0. The molecule has 0 spiro atoms. The van der Waals surface area contributed by atoms with Crippen LogP contribution in [0.25, 0.3) is 10.8 Å². The van der Waals surface area contributed by atoms with E-state index in [9.17, 15) is 0 Å². The van der Waals surface area contributed by atoms with Gasteiger partial charge < -0.3 is 30.6 Å². The Morgan fingerprint density at radius 3 is 0.446 bits per heavy atom. The van der Waals surface area contributed by atoms with Gasteiger partial charge in [-0.15, -0.1) is 0 Å². The largest absolute Gasteiger partial charge is 0.447 e. The number of nitrogens with one attached hydrogen (secondary N) is 2. The minimum Gasteiger partial charge on any atom is -0.447 e. The molecule has 0 aromatic heterocycles. The predicted molar refractivity (Wildman–Crippen MR) is 255 cm³/mol. The molecule has 0 aliphatic heterocycles. The van der Waals surface area contributed by atoms with Crippen molar-refractivity contribution in [1.29, 1.82) is 10.8 Å². The van der Waals surface area contributed by atoms with Gasteiger partial charge in [0, 0.05) is 0 Å². The molecule has 0 aliphatic carbocycles. The molecule has 0 saturated carbocycles. The molecule has 336 valence electrons. The molecule has 0 saturated heterocycles. The molecular weight excluding hydrogens is 685 g/mol. The molecule has 0 fully saturated rings. The molecule has 6 heteroatoms. The van der Waals surface area contributed by atoms with Crippen LogP contribution in [0.3, 0.4) is 0 Å². The summed E-state index contributed by atoms with van der Waals surface area (Å²) < 4.78 is 2.92. The molecule has 0 bridgehead atoms. The van der Waals surface area contributed by atoms with Crippen LogP contribution in [0.4, 0.5) is 0 Å². The Morgan fingerprint density at radius 2 is 0.357 bits per heavy atom. The molecular formula is C50H106N6. The van der Waals surface area contributed by atoms with E-state index in [1.807, 2.05) is 0 Å². The summed E-state index contributed by atoms with van der Waals surface area (Å²) in [6.45, 7) is 30.4. The van der Waals surface area contributed by atoms with Crippen molar-refractivity contribution >= 4 is 12.0 Å². The summed E-state index contributed by atoms with van der Waals surface area (Å²) in [4.78, 5) is 0. The Labute approximate surface area is 354 Å². The molecule has 0 aromatic rings. The van der Waals surface area contributed by atoms with Crippen LogP contribution >= 0.6 is 0 Å². The number of rotatable bonds is 40. The van der Waals surface area contributed by atoms with Gasteiger partial charge in [-0.3, -0.25) is 0 Å². The van der Waals surface area contributed by atoms with E-state index in [-0.39, 0.29) is 0 Å². The van der Waals surface area contributed by atoms with Crippen molar-refractivity contribution in [2.45, 2.75) is 261 Å². The molecule has 0 aliphatic rings. The molecule has 2 N–H and O–H groups in total. The van der Waals surface area contributed by atoms with Crippen LogP contribution in [-0.2, 0) is 0 Å². The second kappa shape index (κ2) is 53.7. The van der Waals surface area contributed by atoms with E-state index in [4.69, 9.17) is 21.6 Å². The average molecular weight is 791 g/mol. The third-order valence-electron chi connectivity index (χ3n) is 11.9. The quantitative estimate of drug-likeness (QED) is 0.0351. The van der Waals surface area contributed by atoms with Crippen molar-refractivity contribution in [2.75, 3.05) is 52.4 Å². The Hall–Kier alpha value is -1.32. The SMILES string of the molecule is CCCCCC[N+](CCCCCC)(CCCCCC)CCCCCC.CCCCCC[N+](CCCCCC)(CCCCCC)CCCCCC.[N-]=C=N.[N-]=C=N. The Morgan fingerprint density at radius 1 is 0.250 bits per heavy atom. The number of hydrogen-bond acceptors (Lipinski definition) is 2. The average Bonchev–Trinajstić information content (AvgIpc) is 3.20. The van der Waals surface area contributed by atoms with Crippen molar-refractivity contribution in [3.8, 4) is 0 Å². The molecule has 0 rings (SSSR count). The van der Waals surface area contributed by atoms with E-state index in [0.717, 1.165) is 12.0 Å². The second-order valence-electron chi connectivity index (χ2n) is 17.2. The first-order valence-electron chi connectivity index (χ1n) is 25.1. The molecule has 0 unspecified atom stereocenters. The van der Waals surface area contributed by atoms with Gasteiger partial charge in [0.25, 0.3) is 0 Å². The van der Waals surface area contributed by atoms with Crippen LogP contribution in [0.15, 0.2) is 0 Å². The number of hydrogen-bond donors (Lipinski definition) is 2. The fourth-order valence-electron chi connectivity index (χ4n) is 8.33. The summed E-state index contributed by atoms with van der Waals surface area (Å²) in [6.07, 6.45) is 45.7. The number of nitrogens with zero attached hydrogens (tertiary/aromatic N) is 4. The lowest BCUT2D eigenvalue weighted by Crippen LogP contribution is -2.50. The predicted octanol–water partition coefficient (Wildman–Crippen LogP) is 16.9. The topological polar surface area (TPSA) is 92.3 Å². The summed E-state index contributed by atoms with van der Waals surface area (Å²) in [5, 5.41) is 25.0. The van der Waals surface area contributed by atoms with E-state index < -0.39 is 0 Å². The minimum atomic E-state index is 1.00. The van der Waals surface area contributed by atoms with Gasteiger partial charge in [0.05, 0.1) is 52.4 Å². The highest BCUT2D eigenvalue weighted by molar-refractivity contribution is 5.39. The third-order valence-corrected chi connectivity index (χ3v) is 11.9. The van der Waals surface area contributed by atoms with Crippen LogP contribution in [0.2, 0.25) is 0 Å². The highest BCUT2D eigenvalue weighted by Crippen LogP contribution is 2.21. The molecule has 6 nitrogen and oxygen atoms in total. The standard InChI is InChI=1S/2C24H52N.2CHN2/c2*1-5-9-13-17-21-25(22-18-14-10-6-2,23-19-15-11-7-3)24-20-16-12-8-4;2*2-1-3/h2*5-24H2,1-4H3;2*2H/q2*+1;2*-1. The third kappa shape index (κ3) is 47.1. The first-order valence-corrected chi connectivity index (χ1v) is 25.1. The Bertz CT molecular complexity index is 600. The maximum Gasteiger partial charge on any atom is 0.0786 e. The maximum absolute atomic E-state index is 6.99. The Balaban J connectivity index is -0.000000422. The number of unbranched alkanes of at least 4 members (excludes halogenated alkanes) is 24. The van der Waals surface area contributed by atoms with Crippen LogP contribution in [0, 0.1) is 10.8 Å².